The number of aromatic nitrogens is 1. The van der Waals surface area contributed by atoms with Crippen LogP contribution in [0.15, 0.2) is 34.6 Å². The highest BCUT2D eigenvalue weighted by atomic mass is 32.1. The Labute approximate surface area is 128 Å². The average molecular weight is 305 g/mol. The van der Waals surface area contributed by atoms with Gasteiger partial charge in [0, 0.05) is 25.2 Å². The first kappa shape index (κ1) is 15.1. The van der Waals surface area contributed by atoms with Crippen LogP contribution in [0.5, 0.6) is 5.75 Å². The number of ether oxygens (including phenoxy) is 1. The van der Waals surface area contributed by atoms with E-state index in [0.29, 0.717) is 12.5 Å². The van der Waals surface area contributed by atoms with Gasteiger partial charge in [-0.25, -0.2) is 9.98 Å². The van der Waals surface area contributed by atoms with Crippen LogP contribution in [-0.4, -0.2) is 32.1 Å². The van der Waals surface area contributed by atoms with E-state index >= 15 is 0 Å². The molecule has 7 heteroatoms. The van der Waals surface area contributed by atoms with Crippen molar-refractivity contribution in [2.24, 2.45) is 10.7 Å². The highest BCUT2D eigenvalue weighted by Gasteiger charge is 2.03. The number of nitrogens with two attached hydrogens (primary N) is 1. The molecule has 112 valence electrons. The number of nitrogens with one attached hydrogen (secondary N) is 1. The van der Waals surface area contributed by atoms with Crippen molar-refractivity contribution in [3.05, 3.63) is 35.3 Å². The lowest BCUT2D eigenvalue weighted by Gasteiger charge is -2.06. The number of rotatable bonds is 5. The molecular weight excluding hydrogens is 286 g/mol. The first-order valence-corrected chi connectivity index (χ1v) is 7.29. The first-order chi connectivity index (χ1) is 10.1. The van der Waals surface area contributed by atoms with Crippen molar-refractivity contribution in [2.45, 2.75) is 6.54 Å². The number of methoxy groups -OCH3 is 1. The molecule has 0 amide bonds. The highest BCUT2D eigenvalue weighted by Crippen LogP contribution is 2.18. The van der Waals surface area contributed by atoms with E-state index in [-0.39, 0.29) is 0 Å². The van der Waals surface area contributed by atoms with Crippen molar-refractivity contribution in [1.82, 2.24) is 4.98 Å². The van der Waals surface area contributed by atoms with Crippen LogP contribution in [0.1, 0.15) is 5.69 Å². The van der Waals surface area contributed by atoms with Gasteiger partial charge in [0.05, 0.1) is 19.3 Å². The van der Waals surface area contributed by atoms with Crippen LogP contribution in [0.4, 0.5) is 10.8 Å². The Bertz CT molecular complexity index is 606. The monoisotopic (exact) mass is 305 g/mol. The van der Waals surface area contributed by atoms with E-state index in [2.05, 4.69) is 15.3 Å². The number of benzene rings is 1. The fraction of sp³-hybridized carbons (Fsp3) is 0.286. The fourth-order valence-electron chi connectivity index (χ4n) is 1.60. The standard InChI is InChI=1S/C14H19N5OS/c1-19(2)14-18-11(9-21-14)8-16-13(15)17-10-4-6-12(20-3)7-5-10/h4-7,9H,8H2,1-3H3,(H3,15,16,17). The molecule has 0 aliphatic carbocycles. The van der Waals surface area contributed by atoms with Crippen LogP contribution in [0.25, 0.3) is 0 Å². The van der Waals surface area contributed by atoms with Crippen molar-refractivity contribution in [2.75, 3.05) is 31.4 Å². The Morgan fingerprint density at radius 3 is 2.67 bits per heavy atom. The van der Waals surface area contributed by atoms with Crippen LogP contribution in [0, 0.1) is 0 Å². The van der Waals surface area contributed by atoms with Gasteiger partial charge in [-0.05, 0) is 24.3 Å². The van der Waals surface area contributed by atoms with Crippen molar-refractivity contribution in [1.29, 1.82) is 0 Å². The van der Waals surface area contributed by atoms with Crippen LogP contribution in [0.3, 0.4) is 0 Å². The lowest BCUT2D eigenvalue weighted by Crippen LogP contribution is -2.22. The SMILES string of the molecule is COc1ccc(NC(N)=NCc2csc(N(C)C)n2)cc1. The molecule has 2 aromatic rings. The van der Waals surface area contributed by atoms with Gasteiger partial charge in [-0.1, -0.05) is 0 Å². The summed E-state index contributed by atoms with van der Waals surface area (Å²) in [5.41, 5.74) is 7.63. The van der Waals surface area contributed by atoms with Crippen LogP contribution >= 0.6 is 11.3 Å². The molecule has 0 saturated heterocycles. The van der Waals surface area contributed by atoms with Gasteiger partial charge in [-0.2, -0.15) is 0 Å². The molecule has 0 aliphatic heterocycles. The van der Waals surface area contributed by atoms with Crippen molar-refractivity contribution in [3.63, 3.8) is 0 Å². The predicted molar refractivity (Wildman–Crippen MR) is 88.4 cm³/mol. The van der Waals surface area contributed by atoms with Crippen LogP contribution < -0.4 is 20.7 Å². The van der Waals surface area contributed by atoms with E-state index in [9.17, 15) is 0 Å². The summed E-state index contributed by atoms with van der Waals surface area (Å²) in [4.78, 5) is 10.7. The molecule has 6 nitrogen and oxygen atoms in total. The Kier molecular flexibility index (Phi) is 4.99. The number of hydrogen-bond acceptors (Lipinski definition) is 5. The smallest absolute Gasteiger partial charge is 0.193 e. The van der Waals surface area contributed by atoms with E-state index in [0.717, 1.165) is 22.3 Å². The Balaban J connectivity index is 1.93. The first-order valence-electron chi connectivity index (χ1n) is 6.41. The quantitative estimate of drug-likeness (QED) is 0.654. The molecule has 0 atom stereocenters. The normalized spacial score (nSPS) is 11.3. The maximum Gasteiger partial charge on any atom is 0.193 e. The second-order valence-electron chi connectivity index (χ2n) is 4.57. The Hall–Kier alpha value is -2.28. The van der Waals surface area contributed by atoms with Gasteiger partial charge < -0.3 is 20.7 Å². The highest BCUT2D eigenvalue weighted by molar-refractivity contribution is 7.13. The molecule has 1 aromatic heterocycles. The number of hydrogen-bond donors (Lipinski definition) is 2. The summed E-state index contributed by atoms with van der Waals surface area (Å²) < 4.78 is 5.10. The summed E-state index contributed by atoms with van der Waals surface area (Å²) in [7, 11) is 5.56. The third kappa shape index (κ3) is 4.35. The zero-order valence-corrected chi connectivity index (χ0v) is 13.1. The predicted octanol–water partition coefficient (Wildman–Crippen LogP) is 2.14. The van der Waals surface area contributed by atoms with E-state index < -0.39 is 0 Å². The molecule has 2 rings (SSSR count). The number of anilines is 2. The number of thiazole rings is 1. The van der Waals surface area contributed by atoms with Gasteiger partial charge in [-0.15, -0.1) is 11.3 Å². The number of guanidine groups is 1. The molecule has 0 aliphatic rings. The summed E-state index contributed by atoms with van der Waals surface area (Å²) in [6.45, 7) is 0.458. The zero-order chi connectivity index (χ0) is 15.2. The lowest BCUT2D eigenvalue weighted by atomic mass is 10.3. The molecule has 1 heterocycles. The van der Waals surface area contributed by atoms with Crippen LogP contribution in [-0.2, 0) is 6.54 Å². The number of nitrogens with zero attached hydrogens (tertiary/aromatic N) is 3. The molecule has 0 bridgehead atoms. The molecule has 0 radical (unpaired) electrons. The van der Waals surface area contributed by atoms with Crippen molar-refractivity contribution < 1.29 is 4.74 Å². The molecule has 0 saturated carbocycles. The third-order valence-electron chi connectivity index (χ3n) is 2.70. The molecule has 21 heavy (non-hydrogen) atoms. The third-order valence-corrected chi connectivity index (χ3v) is 3.75. The summed E-state index contributed by atoms with van der Waals surface area (Å²) in [5.74, 6) is 1.16. The second kappa shape index (κ2) is 6.94. The second-order valence-corrected chi connectivity index (χ2v) is 5.41. The van der Waals surface area contributed by atoms with Gasteiger partial charge in [-0.3, -0.25) is 0 Å². The topological polar surface area (TPSA) is 75.8 Å². The largest absolute Gasteiger partial charge is 0.497 e. The average Bonchev–Trinajstić information content (AvgIpc) is 2.95. The maximum absolute atomic E-state index is 5.86. The summed E-state index contributed by atoms with van der Waals surface area (Å²) in [5, 5.41) is 5.98. The summed E-state index contributed by atoms with van der Waals surface area (Å²) in [6.07, 6.45) is 0. The van der Waals surface area contributed by atoms with Gasteiger partial charge in [0.25, 0.3) is 0 Å². The molecule has 3 N–H and O–H groups in total. The summed E-state index contributed by atoms with van der Waals surface area (Å²) >= 11 is 1.59. The Morgan fingerprint density at radius 1 is 1.38 bits per heavy atom. The number of aliphatic imine (C=N–C) groups is 1. The van der Waals surface area contributed by atoms with Gasteiger partial charge in [0.15, 0.2) is 11.1 Å². The molecule has 0 unspecified atom stereocenters. The van der Waals surface area contributed by atoms with Crippen molar-refractivity contribution in [3.8, 4) is 5.75 Å². The van der Waals surface area contributed by atoms with E-state index in [1.807, 2.05) is 48.6 Å². The van der Waals surface area contributed by atoms with Gasteiger partial charge in [0.1, 0.15) is 5.75 Å². The minimum absolute atomic E-state index is 0.361. The molecule has 0 spiro atoms. The zero-order valence-electron chi connectivity index (χ0n) is 12.3. The minimum atomic E-state index is 0.361. The maximum atomic E-state index is 5.86. The fourth-order valence-corrected chi connectivity index (χ4v) is 2.35. The van der Waals surface area contributed by atoms with Crippen LogP contribution in [0.2, 0.25) is 0 Å². The van der Waals surface area contributed by atoms with E-state index in [4.69, 9.17) is 10.5 Å². The molecule has 0 fully saturated rings. The summed E-state index contributed by atoms with van der Waals surface area (Å²) in [6, 6.07) is 7.49. The van der Waals surface area contributed by atoms with E-state index in [1.54, 1.807) is 18.4 Å². The lowest BCUT2D eigenvalue weighted by molar-refractivity contribution is 0.415. The Morgan fingerprint density at radius 2 is 2.10 bits per heavy atom. The van der Waals surface area contributed by atoms with Crippen molar-refractivity contribution >= 4 is 28.1 Å². The molecule has 1 aromatic carbocycles. The van der Waals surface area contributed by atoms with E-state index in [1.165, 1.54) is 0 Å². The van der Waals surface area contributed by atoms with Gasteiger partial charge >= 0.3 is 0 Å². The molecular formula is C14H19N5OS. The minimum Gasteiger partial charge on any atom is -0.497 e. The van der Waals surface area contributed by atoms with Gasteiger partial charge in [0.2, 0.25) is 0 Å².